The lowest BCUT2D eigenvalue weighted by Gasteiger charge is -2.26. The molecule has 0 saturated heterocycles. The van der Waals surface area contributed by atoms with E-state index in [-0.39, 0.29) is 11.9 Å². The minimum Gasteiger partial charge on any atom is -0.271 e. The number of rotatable bonds is 4. The van der Waals surface area contributed by atoms with E-state index < -0.39 is 0 Å². The van der Waals surface area contributed by atoms with Crippen molar-refractivity contribution in [3.05, 3.63) is 34.6 Å². The maximum absolute atomic E-state index is 13.8. The molecule has 18 heavy (non-hydrogen) atoms. The third kappa shape index (κ3) is 3.02. The summed E-state index contributed by atoms with van der Waals surface area (Å²) in [4.78, 5) is 0. The van der Waals surface area contributed by atoms with E-state index in [2.05, 4.69) is 12.3 Å². The molecule has 1 aliphatic rings. The second kappa shape index (κ2) is 6.00. The van der Waals surface area contributed by atoms with Crippen LogP contribution >= 0.6 is 11.6 Å². The van der Waals surface area contributed by atoms with Crippen molar-refractivity contribution in [2.75, 3.05) is 0 Å². The molecule has 3 N–H and O–H groups in total. The molecule has 0 spiro atoms. The number of hydrazine groups is 1. The van der Waals surface area contributed by atoms with Crippen LogP contribution in [0.4, 0.5) is 4.39 Å². The molecule has 1 aliphatic carbocycles. The molecule has 1 saturated carbocycles. The van der Waals surface area contributed by atoms with Crippen molar-refractivity contribution in [2.24, 2.45) is 17.7 Å². The Bertz CT molecular complexity index is 411. The SMILES string of the molecule is CC1CCCC1C(Cc1ccc(Cl)cc1F)NN. The van der Waals surface area contributed by atoms with Crippen LogP contribution in [-0.4, -0.2) is 6.04 Å². The molecule has 0 amide bonds. The molecule has 0 aromatic heterocycles. The van der Waals surface area contributed by atoms with E-state index in [1.165, 1.54) is 25.3 Å². The normalized spacial score (nSPS) is 25.3. The van der Waals surface area contributed by atoms with E-state index in [4.69, 9.17) is 17.4 Å². The van der Waals surface area contributed by atoms with Gasteiger partial charge in [-0.1, -0.05) is 37.4 Å². The average Bonchev–Trinajstić information content (AvgIpc) is 2.75. The first-order valence-corrected chi connectivity index (χ1v) is 6.89. The zero-order valence-corrected chi connectivity index (χ0v) is 11.4. The lowest BCUT2D eigenvalue weighted by atomic mass is 9.87. The molecular formula is C14H20ClFN2. The van der Waals surface area contributed by atoms with Crippen LogP contribution in [0.5, 0.6) is 0 Å². The standard InChI is InChI=1S/C14H20ClFN2/c1-9-3-2-4-12(9)14(18-17)7-10-5-6-11(15)8-13(10)16/h5-6,8-9,12,14,18H,2-4,7,17H2,1H3. The van der Waals surface area contributed by atoms with Gasteiger partial charge in [-0.05, 0) is 42.4 Å². The van der Waals surface area contributed by atoms with Gasteiger partial charge in [0.2, 0.25) is 0 Å². The lowest BCUT2D eigenvalue weighted by Crippen LogP contribution is -2.43. The van der Waals surface area contributed by atoms with E-state index in [1.807, 2.05) is 0 Å². The van der Waals surface area contributed by atoms with Gasteiger partial charge in [-0.2, -0.15) is 0 Å². The average molecular weight is 271 g/mol. The van der Waals surface area contributed by atoms with Crippen molar-refractivity contribution in [1.29, 1.82) is 0 Å². The molecule has 0 aliphatic heterocycles. The highest BCUT2D eigenvalue weighted by Crippen LogP contribution is 2.34. The minimum atomic E-state index is -0.242. The zero-order chi connectivity index (χ0) is 13.1. The Kier molecular flexibility index (Phi) is 4.60. The van der Waals surface area contributed by atoms with E-state index in [0.29, 0.717) is 28.8 Å². The highest BCUT2D eigenvalue weighted by Gasteiger charge is 2.30. The van der Waals surface area contributed by atoms with Gasteiger partial charge in [0.1, 0.15) is 5.82 Å². The molecule has 4 heteroatoms. The Morgan fingerprint density at radius 2 is 2.28 bits per heavy atom. The predicted molar refractivity (Wildman–Crippen MR) is 72.7 cm³/mol. The molecule has 2 nitrogen and oxygen atoms in total. The molecule has 0 bridgehead atoms. The lowest BCUT2D eigenvalue weighted by molar-refractivity contribution is 0.295. The summed E-state index contributed by atoms with van der Waals surface area (Å²) >= 11 is 5.76. The Hall–Kier alpha value is -0.640. The maximum atomic E-state index is 13.8. The first-order chi connectivity index (χ1) is 8.61. The van der Waals surface area contributed by atoms with Crippen LogP contribution in [0.15, 0.2) is 18.2 Å². The third-order valence-electron chi connectivity index (χ3n) is 4.11. The minimum absolute atomic E-state index is 0.137. The Balaban J connectivity index is 2.10. The molecule has 100 valence electrons. The summed E-state index contributed by atoms with van der Waals surface area (Å²) in [6.45, 7) is 2.25. The van der Waals surface area contributed by atoms with Crippen LogP contribution in [0.3, 0.4) is 0 Å². The smallest absolute Gasteiger partial charge is 0.127 e. The van der Waals surface area contributed by atoms with Crippen LogP contribution < -0.4 is 11.3 Å². The van der Waals surface area contributed by atoms with Gasteiger partial charge in [0.05, 0.1) is 0 Å². The maximum Gasteiger partial charge on any atom is 0.127 e. The summed E-state index contributed by atoms with van der Waals surface area (Å²) in [7, 11) is 0. The fourth-order valence-corrected chi connectivity index (χ4v) is 3.19. The fraction of sp³-hybridized carbons (Fsp3) is 0.571. The van der Waals surface area contributed by atoms with Crippen molar-refractivity contribution in [3.8, 4) is 0 Å². The van der Waals surface area contributed by atoms with E-state index in [0.717, 1.165) is 0 Å². The summed E-state index contributed by atoms with van der Waals surface area (Å²) < 4.78 is 13.8. The van der Waals surface area contributed by atoms with Gasteiger partial charge in [0.15, 0.2) is 0 Å². The largest absolute Gasteiger partial charge is 0.271 e. The molecule has 1 aromatic carbocycles. The molecule has 3 unspecified atom stereocenters. The molecule has 1 aromatic rings. The molecule has 2 rings (SSSR count). The number of halogens is 2. The quantitative estimate of drug-likeness (QED) is 0.651. The second-order valence-corrected chi connectivity index (χ2v) is 5.72. The van der Waals surface area contributed by atoms with Crippen molar-refractivity contribution >= 4 is 11.6 Å². The van der Waals surface area contributed by atoms with Crippen LogP contribution in [0.25, 0.3) is 0 Å². The number of nitrogens with one attached hydrogen (secondary N) is 1. The first-order valence-electron chi connectivity index (χ1n) is 6.52. The third-order valence-corrected chi connectivity index (χ3v) is 4.35. The van der Waals surface area contributed by atoms with Gasteiger partial charge in [-0.3, -0.25) is 11.3 Å². The van der Waals surface area contributed by atoms with Gasteiger partial charge in [-0.25, -0.2) is 4.39 Å². The van der Waals surface area contributed by atoms with Crippen molar-refractivity contribution in [3.63, 3.8) is 0 Å². The summed E-state index contributed by atoms with van der Waals surface area (Å²) in [5, 5.41) is 0.433. The van der Waals surface area contributed by atoms with Gasteiger partial charge >= 0.3 is 0 Å². The van der Waals surface area contributed by atoms with Crippen LogP contribution in [0.2, 0.25) is 5.02 Å². The van der Waals surface area contributed by atoms with Crippen molar-refractivity contribution in [1.82, 2.24) is 5.43 Å². The van der Waals surface area contributed by atoms with Gasteiger partial charge in [-0.15, -0.1) is 0 Å². The molecule has 0 radical (unpaired) electrons. The van der Waals surface area contributed by atoms with E-state index in [1.54, 1.807) is 12.1 Å². The Labute approximate surface area is 113 Å². The van der Waals surface area contributed by atoms with Crippen LogP contribution in [0.1, 0.15) is 31.7 Å². The van der Waals surface area contributed by atoms with Crippen LogP contribution in [-0.2, 0) is 6.42 Å². The topological polar surface area (TPSA) is 38.0 Å². The van der Waals surface area contributed by atoms with Gasteiger partial charge in [0.25, 0.3) is 0 Å². The van der Waals surface area contributed by atoms with Gasteiger partial charge in [0, 0.05) is 11.1 Å². The van der Waals surface area contributed by atoms with Crippen molar-refractivity contribution < 1.29 is 4.39 Å². The molecule has 1 fully saturated rings. The molecular weight excluding hydrogens is 251 g/mol. The number of nitrogens with two attached hydrogens (primary N) is 1. The highest BCUT2D eigenvalue weighted by molar-refractivity contribution is 6.30. The van der Waals surface area contributed by atoms with Crippen LogP contribution in [0, 0.1) is 17.7 Å². The summed E-state index contributed by atoms with van der Waals surface area (Å²) in [5.41, 5.74) is 3.55. The predicted octanol–water partition coefficient (Wildman–Crippen LogP) is 3.29. The summed E-state index contributed by atoms with van der Waals surface area (Å²) in [6.07, 6.45) is 4.28. The number of benzene rings is 1. The number of hydrogen-bond donors (Lipinski definition) is 2. The summed E-state index contributed by atoms with van der Waals surface area (Å²) in [5.74, 6) is 6.59. The first kappa shape index (κ1) is 13.8. The highest BCUT2D eigenvalue weighted by atomic mass is 35.5. The van der Waals surface area contributed by atoms with E-state index >= 15 is 0 Å². The molecule has 0 heterocycles. The fourth-order valence-electron chi connectivity index (χ4n) is 3.03. The Morgan fingerprint density at radius 1 is 1.50 bits per heavy atom. The molecule has 3 atom stereocenters. The monoisotopic (exact) mass is 270 g/mol. The Morgan fingerprint density at radius 3 is 2.83 bits per heavy atom. The second-order valence-electron chi connectivity index (χ2n) is 5.29. The van der Waals surface area contributed by atoms with E-state index in [9.17, 15) is 4.39 Å². The number of hydrogen-bond acceptors (Lipinski definition) is 2. The van der Waals surface area contributed by atoms with Gasteiger partial charge < -0.3 is 0 Å². The van der Waals surface area contributed by atoms with Crippen molar-refractivity contribution in [2.45, 2.75) is 38.6 Å². The summed E-state index contributed by atoms with van der Waals surface area (Å²) in [6, 6.07) is 4.98. The zero-order valence-electron chi connectivity index (χ0n) is 10.6.